The van der Waals surface area contributed by atoms with Crippen molar-refractivity contribution in [1.82, 2.24) is 0 Å². The lowest BCUT2D eigenvalue weighted by atomic mass is 10.1. The Labute approximate surface area is 151 Å². The molecule has 0 saturated carbocycles. The molecule has 2 rings (SSSR count). The van der Waals surface area contributed by atoms with Crippen molar-refractivity contribution in [3.8, 4) is 17.6 Å². The number of ether oxygens (including phenoxy) is 2. The first kappa shape index (κ1) is 18.4. The number of rotatable bonds is 5. The molecule has 0 bridgehead atoms. The number of carbonyl (C=O) groups is 1. The van der Waals surface area contributed by atoms with Gasteiger partial charge in [-0.05, 0) is 48.4 Å². The lowest BCUT2D eigenvalue weighted by Crippen LogP contribution is -2.13. The van der Waals surface area contributed by atoms with Crippen molar-refractivity contribution in [3.63, 3.8) is 0 Å². The van der Waals surface area contributed by atoms with Gasteiger partial charge in [0, 0.05) is 5.69 Å². The van der Waals surface area contributed by atoms with E-state index >= 15 is 0 Å². The number of halogens is 1. The van der Waals surface area contributed by atoms with Crippen LogP contribution >= 0.6 is 11.6 Å². The fourth-order valence-corrected chi connectivity index (χ4v) is 2.55. The molecule has 0 aliphatic carbocycles. The predicted molar refractivity (Wildman–Crippen MR) is 98.0 cm³/mol. The first-order valence-corrected chi connectivity index (χ1v) is 7.77. The number of hydrogen-bond acceptors (Lipinski definition) is 4. The van der Waals surface area contributed by atoms with Crippen LogP contribution in [0.3, 0.4) is 0 Å². The smallest absolute Gasteiger partial charge is 0.266 e. The van der Waals surface area contributed by atoms with E-state index in [-0.39, 0.29) is 5.57 Å². The van der Waals surface area contributed by atoms with Gasteiger partial charge in [0.05, 0.1) is 19.2 Å². The summed E-state index contributed by atoms with van der Waals surface area (Å²) in [5, 5.41) is 12.3. The second kappa shape index (κ2) is 8.22. The third kappa shape index (κ3) is 4.52. The van der Waals surface area contributed by atoms with E-state index in [1.54, 1.807) is 18.2 Å². The minimum absolute atomic E-state index is 0.0511. The quantitative estimate of drug-likeness (QED) is 0.643. The second-order valence-electron chi connectivity index (χ2n) is 5.23. The third-order valence-electron chi connectivity index (χ3n) is 3.41. The van der Waals surface area contributed by atoms with Crippen molar-refractivity contribution in [1.29, 1.82) is 5.26 Å². The van der Waals surface area contributed by atoms with Crippen molar-refractivity contribution in [2.45, 2.75) is 6.92 Å². The molecule has 1 N–H and O–H groups in total. The number of anilines is 1. The van der Waals surface area contributed by atoms with Crippen LogP contribution in [0.25, 0.3) is 6.08 Å². The zero-order valence-corrected chi connectivity index (χ0v) is 14.8. The van der Waals surface area contributed by atoms with E-state index in [9.17, 15) is 10.1 Å². The zero-order chi connectivity index (χ0) is 18.4. The number of carbonyl (C=O) groups excluding carboxylic acids is 1. The van der Waals surface area contributed by atoms with Crippen molar-refractivity contribution in [2.75, 3.05) is 19.5 Å². The van der Waals surface area contributed by atoms with Gasteiger partial charge in [-0.25, -0.2) is 0 Å². The molecule has 0 aliphatic heterocycles. The molecule has 6 heteroatoms. The van der Waals surface area contributed by atoms with E-state index in [0.29, 0.717) is 27.8 Å². The van der Waals surface area contributed by atoms with Gasteiger partial charge in [0.15, 0.2) is 11.5 Å². The van der Waals surface area contributed by atoms with Gasteiger partial charge in [0.25, 0.3) is 5.91 Å². The largest absolute Gasteiger partial charge is 0.493 e. The summed E-state index contributed by atoms with van der Waals surface area (Å²) < 4.78 is 10.4. The van der Waals surface area contributed by atoms with Gasteiger partial charge in [-0.1, -0.05) is 23.7 Å². The predicted octanol–water partition coefficient (Wildman–Crippen LogP) is 4.21. The molecule has 0 spiro atoms. The van der Waals surface area contributed by atoms with E-state index < -0.39 is 5.91 Å². The molecule has 2 aromatic carbocycles. The number of amides is 1. The SMILES string of the molecule is COc1cc(/C=C(\C#N)C(=O)Nc2cccc(C)c2)cc(Cl)c1OC. The minimum Gasteiger partial charge on any atom is -0.493 e. The molecule has 0 atom stereocenters. The van der Waals surface area contributed by atoms with Gasteiger partial charge in [-0.2, -0.15) is 5.26 Å². The summed E-state index contributed by atoms with van der Waals surface area (Å²) >= 11 is 6.15. The summed E-state index contributed by atoms with van der Waals surface area (Å²) in [7, 11) is 2.96. The normalized spacial score (nSPS) is 10.8. The monoisotopic (exact) mass is 356 g/mol. The van der Waals surface area contributed by atoms with Crippen LogP contribution in [0.2, 0.25) is 5.02 Å². The molecule has 2 aromatic rings. The third-order valence-corrected chi connectivity index (χ3v) is 3.69. The van der Waals surface area contributed by atoms with E-state index in [2.05, 4.69) is 5.32 Å². The summed E-state index contributed by atoms with van der Waals surface area (Å²) in [6.45, 7) is 1.92. The van der Waals surface area contributed by atoms with Crippen LogP contribution in [0.4, 0.5) is 5.69 Å². The Balaban J connectivity index is 2.32. The Kier molecular flexibility index (Phi) is 6.04. The fourth-order valence-electron chi connectivity index (χ4n) is 2.26. The van der Waals surface area contributed by atoms with Gasteiger partial charge in [0.2, 0.25) is 0 Å². The van der Waals surface area contributed by atoms with Crippen LogP contribution in [0, 0.1) is 18.3 Å². The second-order valence-corrected chi connectivity index (χ2v) is 5.64. The molecule has 1 amide bonds. The molecule has 0 heterocycles. The highest BCUT2D eigenvalue weighted by molar-refractivity contribution is 6.32. The van der Waals surface area contributed by atoms with Crippen LogP contribution in [-0.4, -0.2) is 20.1 Å². The first-order valence-electron chi connectivity index (χ1n) is 7.39. The van der Waals surface area contributed by atoms with Crippen LogP contribution in [-0.2, 0) is 4.79 Å². The highest BCUT2D eigenvalue weighted by Crippen LogP contribution is 2.36. The van der Waals surface area contributed by atoms with E-state index in [0.717, 1.165) is 5.56 Å². The van der Waals surface area contributed by atoms with E-state index in [4.69, 9.17) is 21.1 Å². The number of nitrogens with zero attached hydrogens (tertiary/aromatic N) is 1. The molecule has 128 valence electrons. The fraction of sp³-hybridized carbons (Fsp3) is 0.158. The summed E-state index contributed by atoms with van der Waals surface area (Å²) in [6, 6.07) is 12.5. The molecular weight excluding hydrogens is 340 g/mol. The Morgan fingerprint density at radius 3 is 2.60 bits per heavy atom. The van der Waals surface area contributed by atoms with Gasteiger partial charge in [-0.15, -0.1) is 0 Å². The highest BCUT2D eigenvalue weighted by atomic mass is 35.5. The highest BCUT2D eigenvalue weighted by Gasteiger charge is 2.13. The molecule has 0 aromatic heterocycles. The standard InChI is InChI=1S/C19H17ClN2O3/c1-12-5-4-6-15(7-12)22-19(23)14(11-21)8-13-9-16(20)18(25-3)17(10-13)24-2/h4-10H,1-3H3,(H,22,23)/b14-8+. The lowest BCUT2D eigenvalue weighted by Gasteiger charge is -2.10. The molecule has 0 fully saturated rings. The zero-order valence-electron chi connectivity index (χ0n) is 14.1. The molecule has 0 saturated heterocycles. The van der Waals surface area contributed by atoms with Crippen molar-refractivity contribution >= 4 is 29.3 Å². The van der Waals surface area contributed by atoms with Crippen LogP contribution in [0.1, 0.15) is 11.1 Å². The van der Waals surface area contributed by atoms with E-state index in [1.165, 1.54) is 20.3 Å². The average molecular weight is 357 g/mol. The summed E-state index contributed by atoms with van der Waals surface area (Å²) in [4.78, 5) is 12.3. The number of methoxy groups -OCH3 is 2. The van der Waals surface area contributed by atoms with Crippen molar-refractivity contribution < 1.29 is 14.3 Å². The van der Waals surface area contributed by atoms with Crippen molar-refractivity contribution in [2.24, 2.45) is 0 Å². The number of nitriles is 1. The number of nitrogens with one attached hydrogen (secondary N) is 1. The lowest BCUT2D eigenvalue weighted by molar-refractivity contribution is -0.112. The number of aryl methyl sites for hydroxylation is 1. The average Bonchev–Trinajstić information content (AvgIpc) is 2.58. The van der Waals surface area contributed by atoms with Crippen molar-refractivity contribution in [3.05, 3.63) is 58.1 Å². The first-order chi connectivity index (χ1) is 12.0. The number of benzene rings is 2. The van der Waals surface area contributed by atoms with Crippen LogP contribution < -0.4 is 14.8 Å². The maximum absolute atomic E-state index is 12.3. The molecule has 0 radical (unpaired) electrons. The maximum atomic E-state index is 12.3. The van der Waals surface area contributed by atoms with Crippen LogP contribution in [0.5, 0.6) is 11.5 Å². The van der Waals surface area contributed by atoms with Gasteiger partial charge in [-0.3, -0.25) is 4.79 Å². The molecule has 5 nitrogen and oxygen atoms in total. The maximum Gasteiger partial charge on any atom is 0.266 e. The molecule has 0 aliphatic rings. The molecule has 25 heavy (non-hydrogen) atoms. The molecule has 0 unspecified atom stereocenters. The number of hydrogen-bond donors (Lipinski definition) is 1. The Bertz CT molecular complexity index is 869. The Hall–Kier alpha value is -2.97. The Morgan fingerprint density at radius 1 is 1.24 bits per heavy atom. The van der Waals surface area contributed by atoms with Crippen LogP contribution in [0.15, 0.2) is 42.0 Å². The summed E-state index contributed by atoms with van der Waals surface area (Å²) in [5.41, 5.74) is 2.13. The Morgan fingerprint density at radius 2 is 2.00 bits per heavy atom. The topological polar surface area (TPSA) is 71.3 Å². The van der Waals surface area contributed by atoms with E-state index in [1.807, 2.05) is 31.2 Å². The van der Waals surface area contributed by atoms with Gasteiger partial charge >= 0.3 is 0 Å². The molecular formula is C19H17ClN2O3. The minimum atomic E-state index is -0.501. The summed E-state index contributed by atoms with van der Waals surface area (Å²) in [5.74, 6) is 0.306. The van der Waals surface area contributed by atoms with Gasteiger partial charge < -0.3 is 14.8 Å². The summed E-state index contributed by atoms with van der Waals surface area (Å²) in [6.07, 6.45) is 1.44. The van der Waals surface area contributed by atoms with Gasteiger partial charge in [0.1, 0.15) is 11.6 Å².